The minimum absolute atomic E-state index is 0.0595. The molecular formula is C11H16N2O4. The number of aromatic nitrogens is 1. The van der Waals surface area contributed by atoms with Gasteiger partial charge in [0.1, 0.15) is 0 Å². The SMILES string of the molecule is O=C(O)c1cc(CN2CCCC(CO)C2)on1. The van der Waals surface area contributed by atoms with Crippen LogP contribution >= 0.6 is 0 Å². The number of aliphatic hydroxyl groups excluding tert-OH is 1. The average molecular weight is 240 g/mol. The Morgan fingerprint density at radius 2 is 2.47 bits per heavy atom. The largest absolute Gasteiger partial charge is 0.476 e. The number of rotatable bonds is 4. The molecule has 1 unspecified atom stereocenters. The number of carboxylic acids is 1. The monoisotopic (exact) mass is 240 g/mol. The molecule has 0 amide bonds. The van der Waals surface area contributed by atoms with Crippen LogP contribution in [0.1, 0.15) is 29.1 Å². The van der Waals surface area contributed by atoms with Gasteiger partial charge < -0.3 is 14.7 Å². The molecule has 94 valence electrons. The van der Waals surface area contributed by atoms with Crippen molar-refractivity contribution in [3.05, 3.63) is 17.5 Å². The molecule has 6 nitrogen and oxygen atoms in total. The zero-order chi connectivity index (χ0) is 12.3. The van der Waals surface area contributed by atoms with E-state index in [9.17, 15) is 4.79 Å². The number of carboxylic acid groups (broad SMARTS) is 1. The van der Waals surface area contributed by atoms with Gasteiger partial charge >= 0.3 is 5.97 Å². The van der Waals surface area contributed by atoms with Crippen molar-refractivity contribution in [3.63, 3.8) is 0 Å². The minimum Gasteiger partial charge on any atom is -0.476 e. The summed E-state index contributed by atoms with van der Waals surface area (Å²) < 4.78 is 4.96. The van der Waals surface area contributed by atoms with Gasteiger partial charge in [-0.2, -0.15) is 0 Å². The first kappa shape index (κ1) is 12.1. The fraction of sp³-hybridized carbons (Fsp3) is 0.636. The third-order valence-electron chi connectivity index (χ3n) is 3.02. The third-order valence-corrected chi connectivity index (χ3v) is 3.02. The van der Waals surface area contributed by atoms with Crippen LogP contribution in [0.5, 0.6) is 0 Å². The fourth-order valence-corrected chi connectivity index (χ4v) is 2.15. The molecule has 1 fully saturated rings. The molecule has 2 N–H and O–H groups in total. The predicted molar refractivity (Wildman–Crippen MR) is 58.5 cm³/mol. The Balaban J connectivity index is 1.93. The molecule has 0 radical (unpaired) electrons. The lowest BCUT2D eigenvalue weighted by molar-refractivity contribution is 0.0685. The van der Waals surface area contributed by atoms with E-state index in [4.69, 9.17) is 14.7 Å². The first-order valence-corrected chi connectivity index (χ1v) is 5.71. The van der Waals surface area contributed by atoms with Crippen molar-refractivity contribution in [1.29, 1.82) is 0 Å². The highest BCUT2D eigenvalue weighted by atomic mass is 16.5. The summed E-state index contributed by atoms with van der Waals surface area (Å²) in [5.74, 6) is -0.210. The number of piperidine rings is 1. The second-order valence-corrected chi connectivity index (χ2v) is 4.41. The Kier molecular flexibility index (Phi) is 3.75. The van der Waals surface area contributed by atoms with E-state index in [2.05, 4.69) is 10.1 Å². The minimum atomic E-state index is -1.08. The number of hydrogen-bond acceptors (Lipinski definition) is 5. The highest BCUT2D eigenvalue weighted by Gasteiger charge is 2.21. The Bertz CT molecular complexity index is 391. The topological polar surface area (TPSA) is 86.8 Å². The number of aliphatic hydroxyl groups is 1. The van der Waals surface area contributed by atoms with Crippen LogP contribution in [0.4, 0.5) is 0 Å². The molecule has 17 heavy (non-hydrogen) atoms. The van der Waals surface area contributed by atoms with Gasteiger partial charge in [0.15, 0.2) is 11.5 Å². The van der Waals surface area contributed by atoms with E-state index >= 15 is 0 Å². The van der Waals surface area contributed by atoms with Crippen LogP contribution in [0, 0.1) is 5.92 Å². The smallest absolute Gasteiger partial charge is 0.358 e. The number of hydrogen-bond donors (Lipinski definition) is 2. The molecule has 1 saturated heterocycles. The van der Waals surface area contributed by atoms with Crippen molar-refractivity contribution >= 4 is 5.97 Å². The van der Waals surface area contributed by atoms with Crippen LogP contribution in [0.2, 0.25) is 0 Å². The predicted octanol–water partition coefficient (Wildman–Crippen LogP) is 0.577. The third kappa shape index (κ3) is 3.04. The lowest BCUT2D eigenvalue weighted by atomic mass is 9.99. The number of aromatic carboxylic acids is 1. The summed E-state index contributed by atoms with van der Waals surface area (Å²) in [6.07, 6.45) is 2.09. The lowest BCUT2D eigenvalue weighted by Crippen LogP contribution is -2.36. The molecule has 0 spiro atoms. The Morgan fingerprint density at radius 3 is 3.12 bits per heavy atom. The van der Waals surface area contributed by atoms with E-state index in [1.165, 1.54) is 6.07 Å². The van der Waals surface area contributed by atoms with Gasteiger partial charge in [0.2, 0.25) is 0 Å². The van der Waals surface area contributed by atoms with Crippen LogP contribution in [0.25, 0.3) is 0 Å². The molecule has 6 heteroatoms. The van der Waals surface area contributed by atoms with E-state index in [1.54, 1.807) is 0 Å². The van der Waals surface area contributed by atoms with Crippen molar-refractivity contribution in [1.82, 2.24) is 10.1 Å². The summed E-state index contributed by atoms with van der Waals surface area (Å²) in [5, 5.41) is 21.3. The second-order valence-electron chi connectivity index (χ2n) is 4.41. The van der Waals surface area contributed by atoms with Crippen molar-refractivity contribution < 1.29 is 19.5 Å². The normalized spacial score (nSPS) is 21.6. The molecule has 0 aromatic carbocycles. The van der Waals surface area contributed by atoms with Gasteiger partial charge in [-0.1, -0.05) is 5.16 Å². The van der Waals surface area contributed by atoms with Crippen molar-refractivity contribution in [2.75, 3.05) is 19.7 Å². The maximum Gasteiger partial charge on any atom is 0.358 e. The molecule has 1 atom stereocenters. The van der Waals surface area contributed by atoms with Crippen molar-refractivity contribution in [2.24, 2.45) is 5.92 Å². The van der Waals surface area contributed by atoms with E-state index < -0.39 is 5.97 Å². The molecule has 2 heterocycles. The Labute approximate surface area is 98.8 Å². The van der Waals surface area contributed by atoms with Gasteiger partial charge in [-0.3, -0.25) is 4.90 Å². The summed E-state index contributed by atoms with van der Waals surface area (Å²) in [7, 11) is 0. The Hall–Kier alpha value is -1.40. The number of nitrogens with zero attached hydrogens (tertiary/aromatic N) is 2. The molecule has 0 saturated carbocycles. The summed E-state index contributed by atoms with van der Waals surface area (Å²) in [6, 6.07) is 1.45. The maximum atomic E-state index is 10.6. The van der Waals surface area contributed by atoms with E-state index in [1.807, 2.05) is 0 Å². The van der Waals surface area contributed by atoms with Crippen molar-refractivity contribution in [3.8, 4) is 0 Å². The van der Waals surface area contributed by atoms with Crippen LogP contribution in [-0.4, -0.2) is 45.9 Å². The molecule has 1 aromatic heterocycles. The molecule has 0 aliphatic carbocycles. The molecule has 1 aromatic rings. The van der Waals surface area contributed by atoms with Gasteiger partial charge in [-0.15, -0.1) is 0 Å². The fourth-order valence-electron chi connectivity index (χ4n) is 2.15. The Morgan fingerprint density at radius 1 is 1.65 bits per heavy atom. The number of likely N-dealkylation sites (tertiary alicyclic amines) is 1. The van der Waals surface area contributed by atoms with Crippen molar-refractivity contribution in [2.45, 2.75) is 19.4 Å². The molecule has 1 aliphatic heterocycles. The summed E-state index contributed by atoms with van der Waals surface area (Å²) in [4.78, 5) is 12.8. The van der Waals surface area contributed by atoms with Gasteiger partial charge in [0.05, 0.1) is 6.54 Å². The van der Waals surface area contributed by atoms with E-state index in [0.717, 1.165) is 25.9 Å². The van der Waals surface area contributed by atoms with Crippen LogP contribution < -0.4 is 0 Å². The highest BCUT2D eigenvalue weighted by Crippen LogP contribution is 2.18. The van der Waals surface area contributed by atoms with Gasteiger partial charge in [-0.25, -0.2) is 4.79 Å². The molecule has 1 aliphatic rings. The standard InChI is InChI=1S/C11H16N2O4/c14-7-8-2-1-3-13(5-8)6-9-4-10(11(15)16)12-17-9/h4,8,14H,1-3,5-7H2,(H,15,16). The van der Waals surface area contributed by atoms with Crippen LogP contribution in [-0.2, 0) is 6.54 Å². The van der Waals surface area contributed by atoms with Gasteiger partial charge in [0, 0.05) is 19.2 Å². The van der Waals surface area contributed by atoms with E-state index in [-0.39, 0.29) is 12.3 Å². The first-order chi connectivity index (χ1) is 8.19. The van der Waals surface area contributed by atoms with Crippen LogP contribution in [0.15, 0.2) is 10.6 Å². The zero-order valence-corrected chi connectivity index (χ0v) is 9.50. The summed E-state index contributed by atoms with van der Waals surface area (Å²) in [5.41, 5.74) is -0.0595. The van der Waals surface area contributed by atoms with Crippen LogP contribution in [0.3, 0.4) is 0 Å². The molecular weight excluding hydrogens is 224 g/mol. The van der Waals surface area contributed by atoms with E-state index in [0.29, 0.717) is 18.2 Å². The summed E-state index contributed by atoms with van der Waals surface area (Å²) >= 11 is 0. The first-order valence-electron chi connectivity index (χ1n) is 5.71. The quantitative estimate of drug-likeness (QED) is 0.800. The zero-order valence-electron chi connectivity index (χ0n) is 9.50. The lowest BCUT2D eigenvalue weighted by Gasteiger charge is -2.30. The maximum absolute atomic E-state index is 10.6. The average Bonchev–Trinajstić information content (AvgIpc) is 2.78. The second kappa shape index (κ2) is 5.29. The van der Waals surface area contributed by atoms with Gasteiger partial charge in [-0.05, 0) is 25.3 Å². The highest BCUT2D eigenvalue weighted by molar-refractivity contribution is 5.85. The number of carbonyl (C=O) groups is 1. The summed E-state index contributed by atoms with van der Waals surface area (Å²) in [6.45, 7) is 2.52. The molecule has 0 bridgehead atoms. The van der Waals surface area contributed by atoms with Gasteiger partial charge in [0.25, 0.3) is 0 Å². The molecule has 2 rings (SSSR count).